The Bertz CT molecular complexity index is 1510. The van der Waals surface area contributed by atoms with Crippen LogP contribution in [0, 0.1) is 5.92 Å². The average molecular weight is 549 g/mol. The topological polar surface area (TPSA) is 50.8 Å². The summed E-state index contributed by atoms with van der Waals surface area (Å²) in [7, 11) is 3.19. The molecule has 5 rings (SSSR count). The molecule has 208 valence electrons. The molecule has 0 saturated carbocycles. The number of amides is 1. The monoisotopic (exact) mass is 548 g/mol. The lowest BCUT2D eigenvalue weighted by Crippen LogP contribution is -2.54. The molecule has 1 aliphatic rings. The number of methoxy groups -OCH3 is 2. The predicted octanol–water partition coefficient (Wildman–Crippen LogP) is 6.79. The summed E-state index contributed by atoms with van der Waals surface area (Å²) < 4.78 is 50.1. The quantitative estimate of drug-likeness (QED) is 0.263. The van der Waals surface area contributed by atoms with Gasteiger partial charge in [0.2, 0.25) is 0 Å². The van der Waals surface area contributed by atoms with Crippen LogP contribution < -0.4 is 14.8 Å². The third-order valence-corrected chi connectivity index (χ3v) is 7.73. The Balaban J connectivity index is 1.48. The van der Waals surface area contributed by atoms with Crippen LogP contribution in [0.2, 0.25) is 0 Å². The minimum atomic E-state index is -4.39. The molecule has 1 amide bonds. The fourth-order valence-electron chi connectivity index (χ4n) is 5.15. The second kappa shape index (κ2) is 11.2. The predicted molar refractivity (Wildman–Crippen MR) is 150 cm³/mol. The Morgan fingerprint density at radius 1 is 0.975 bits per heavy atom. The normalized spacial score (nSPS) is 14.4. The molecule has 5 nitrogen and oxygen atoms in total. The molecular weight excluding hydrogens is 517 g/mol. The van der Waals surface area contributed by atoms with Crippen molar-refractivity contribution in [2.45, 2.75) is 25.7 Å². The van der Waals surface area contributed by atoms with Crippen molar-refractivity contribution in [3.05, 3.63) is 95.6 Å². The summed E-state index contributed by atoms with van der Waals surface area (Å²) in [6.45, 7) is 4.13. The summed E-state index contributed by atoms with van der Waals surface area (Å²) in [5, 5.41) is 4.99. The molecule has 4 aromatic rings. The van der Waals surface area contributed by atoms with Crippen molar-refractivity contribution in [1.82, 2.24) is 10.2 Å². The van der Waals surface area contributed by atoms with Gasteiger partial charge < -0.3 is 19.7 Å². The van der Waals surface area contributed by atoms with Crippen molar-refractivity contribution in [1.29, 1.82) is 0 Å². The van der Waals surface area contributed by atoms with Crippen LogP contribution in [0.1, 0.15) is 28.4 Å². The minimum absolute atomic E-state index is 0.0188. The number of rotatable bonds is 8. The first kappa shape index (κ1) is 27.5. The van der Waals surface area contributed by atoms with Crippen molar-refractivity contribution in [2.75, 3.05) is 27.3 Å². The number of halogens is 3. The Labute approximate surface area is 231 Å². The third-order valence-electron chi connectivity index (χ3n) is 7.73. The van der Waals surface area contributed by atoms with Gasteiger partial charge in [0.15, 0.2) is 0 Å². The van der Waals surface area contributed by atoms with Gasteiger partial charge in [0.05, 0.1) is 19.8 Å². The maximum absolute atomic E-state index is 14.0. The number of ether oxygens (including phenoxy) is 2. The summed E-state index contributed by atoms with van der Waals surface area (Å²) in [6.07, 6.45) is -4.39. The average Bonchev–Trinajstić information content (AvgIpc) is 2.93. The van der Waals surface area contributed by atoms with Crippen LogP contribution >= 0.6 is 0 Å². The first-order chi connectivity index (χ1) is 19.2. The van der Waals surface area contributed by atoms with Gasteiger partial charge in [0, 0.05) is 48.8 Å². The number of hydrogen-bond donors (Lipinski definition) is 1. The molecule has 0 aliphatic carbocycles. The highest BCUT2D eigenvalue weighted by atomic mass is 19.4. The van der Waals surface area contributed by atoms with E-state index in [0.717, 1.165) is 47.1 Å². The van der Waals surface area contributed by atoms with Crippen LogP contribution in [-0.4, -0.2) is 44.2 Å². The summed E-state index contributed by atoms with van der Waals surface area (Å²) in [5.41, 5.74) is 2.22. The summed E-state index contributed by atoms with van der Waals surface area (Å²) in [6, 6.07) is 21.9. The van der Waals surface area contributed by atoms with Crippen LogP contribution in [0.4, 0.5) is 13.2 Å². The SMILES string of the molecule is COc1ccc(CN(C(=O)c2ccc3c(-c4ccc(C(F)(F)F)cc4)cccc3c2)C(C)C2CNC2)c(OC)c1. The van der Waals surface area contributed by atoms with E-state index >= 15 is 0 Å². The Hall–Kier alpha value is -4.04. The van der Waals surface area contributed by atoms with E-state index in [4.69, 9.17) is 9.47 Å². The number of nitrogens with one attached hydrogen (secondary N) is 1. The van der Waals surface area contributed by atoms with Crippen molar-refractivity contribution in [2.24, 2.45) is 5.92 Å². The van der Waals surface area contributed by atoms with Gasteiger partial charge in [-0.25, -0.2) is 0 Å². The molecule has 1 fully saturated rings. The zero-order valence-corrected chi connectivity index (χ0v) is 22.6. The van der Waals surface area contributed by atoms with E-state index < -0.39 is 11.7 Å². The van der Waals surface area contributed by atoms with E-state index in [1.54, 1.807) is 20.3 Å². The molecular formula is C32H31F3N2O3. The van der Waals surface area contributed by atoms with Crippen molar-refractivity contribution >= 4 is 16.7 Å². The van der Waals surface area contributed by atoms with Crippen LogP contribution in [0.3, 0.4) is 0 Å². The third kappa shape index (κ3) is 5.49. The summed E-state index contributed by atoms with van der Waals surface area (Å²) in [5.74, 6) is 1.56. The van der Waals surface area contributed by atoms with Crippen LogP contribution in [0.25, 0.3) is 21.9 Å². The van der Waals surface area contributed by atoms with E-state index in [1.165, 1.54) is 12.1 Å². The van der Waals surface area contributed by atoms with E-state index in [1.807, 2.05) is 53.4 Å². The van der Waals surface area contributed by atoms with Crippen LogP contribution in [0.5, 0.6) is 11.5 Å². The van der Waals surface area contributed by atoms with E-state index in [2.05, 4.69) is 12.2 Å². The molecule has 8 heteroatoms. The minimum Gasteiger partial charge on any atom is -0.497 e. The van der Waals surface area contributed by atoms with Gasteiger partial charge in [-0.2, -0.15) is 13.2 Å². The molecule has 4 aromatic carbocycles. The van der Waals surface area contributed by atoms with Crippen LogP contribution in [0.15, 0.2) is 78.9 Å². The second-order valence-electron chi connectivity index (χ2n) is 10.1. The molecule has 0 aromatic heterocycles. The second-order valence-corrected chi connectivity index (χ2v) is 10.1. The first-order valence-electron chi connectivity index (χ1n) is 13.1. The lowest BCUT2D eigenvalue weighted by atomic mass is 9.92. The molecule has 1 atom stereocenters. The zero-order chi connectivity index (χ0) is 28.4. The van der Waals surface area contributed by atoms with Gasteiger partial charge in [0.25, 0.3) is 5.91 Å². The fraction of sp³-hybridized carbons (Fsp3) is 0.281. The maximum Gasteiger partial charge on any atom is 0.416 e. The molecule has 40 heavy (non-hydrogen) atoms. The standard InChI is InChI=1S/C32H31F3N2O3/c1-20(25-17-36-18-25)37(19-24-9-13-27(39-2)16-30(24)40-3)31(38)23-10-14-29-22(15-23)5-4-6-28(29)21-7-11-26(12-8-21)32(33,34)35/h4-16,20,25,36H,17-19H2,1-3H3. The zero-order valence-electron chi connectivity index (χ0n) is 22.6. The number of carbonyl (C=O) groups excluding carboxylic acids is 1. The lowest BCUT2D eigenvalue weighted by Gasteiger charge is -2.40. The number of fused-ring (bicyclic) bond motifs is 1. The fourth-order valence-corrected chi connectivity index (χ4v) is 5.15. The number of hydrogen-bond acceptors (Lipinski definition) is 4. The number of alkyl halides is 3. The molecule has 1 saturated heterocycles. The van der Waals surface area contributed by atoms with Crippen molar-refractivity contribution in [3.63, 3.8) is 0 Å². The number of carbonyl (C=O) groups is 1. The Morgan fingerprint density at radius 3 is 2.35 bits per heavy atom. The smallest absolute Gasteiger partial charge is 0.416 e. The highest BCUT2D eigenvalue weighted by Gasteiger charge is 2.32. The molecule has 1 heterocycles. The highest BCUT2D eigenvalue weighted by molar-refractivity contribution is 6.02. The molecule has 0 bridgehead atoms. The lowest BCUT2D eigenvalue weighted by molar-refractivity contribution is -0.137. The van der Waals surface area contributed by atoms with Gasteiger partial charge in [-0.05, 0) is 65.2 Å². The first-order valence-corrected chi connectivity index (χ1v) is 13.1. The summed E-state index contributed by atoms with van der Waals surface area (Å²) >= 11 is 0. The van der Waals surface area contributed by atoms with Gasteiger partial charge in [0.1, 0.15) is 11.5 Å². The maximum atomic E-state index is 14.0. The summed E-state index contributed by atoms with van der Waals surface area (Å²) in [4.78, 5) is 15.9. The van der Waals surface area contributed by atoms with E-state index in [0.29, 0.717) is 35.1 Å². The van der Waals surface area contributed by atoms with Crippen molar-refractivity contribution in [3.8, 4) is 22.6 Å². The van der Waals surface area contributed by atoms with Crippen LogP contribution in [-0.2, 0) is 12.7 Å². The van der Waals surface area contributed by atoms with Gasteiger partial charge in [-0.15, -0.1) is 0 Å². The number of nitrogens with zero attached hydrogens (tertiary/aromatic N) is 1. The van der Waals surface area contributed by atoms with E-state index in [-0.39, 0.29) is 11.9 Å². The van der Waals surface area contributed by atoms with Gasteiger partial charge in [-0.1, -0.05) is 36.4 Å². The van der Waals surface area contributed by atoms with E-state index in [9.17, 15) is 18.0 Å². The Kier molecular flexibility index (Phi) is 7.72. The Morgan fingerprint density at radius 2 is 1.73 bits per heavy atom. The van der Waals surface area contributed by atoms with Gasteiger partial charge in [-0.3, -0.25) is 4.79 Å². The largest absolute Gasteiger partial charge is 0.497 e. The molecule has 0 spiro atoms. The molecule has 1 N–H and O–H groups in total. The number of benzene rings is 4. The highest BCUT2D eigenvalue weighted by Crippen LogP contribution is 2.34. The molecule has 1 aliphatic heterocycles. The van der Waals surface area contributed by atoms with Crippen molar-refractivity contribution < 1.29 is 27.4 Å². The molecule has 1 unspecified atom stereocenters. The van der Waals surface area contributed by atoms with Gasteiger partial charge >= 0.3 is 6.18 Å². The molecule has 0 radical (unpaired) electrons.